The van der Waals surface area contributed by atoms with Crippen molar-refractivity contribution in [2.24, 2.45) is 11.8 Å². The lowest BCUT2D eigenvalue weighted by Crippen LogP contribution is -2.58. The Morgan fingerprint density at radius 1 is 1.23 bits per heavy atom. The molecule has 2 rings (SSSR count). The normalized spacial score (nSPS) is 18.9. The molecule has 5 atom stereocenters. The number of carbonyl (C=O) groups excluding carboxylic acids is 3. The molecule has 1 aromatic heterocycles. The maximum atomic E-state index is 14.0. The maximum Gasteiger partial charge on any atom is 0.355 e. The molecule has 11 heteroatoms. The van der Waals surface area contributed by atoms with Crippen LogP contribution in [-0.2, 0) is 19.1 Å². The molecular weight excluding hydrogens is 532 g/mol. The van der Waals surface area contributed by atoms with Gasteiger partial charge in [-0.2, -0.15) is 0 Å². The summed E-state index contributed by atoms with van der Waals surface area (Å²) in [6.45, 7) is 13.1. The molecule has 0 aromatic carbocycles. The van der Waals surface area contributed by atoms with Crippen LogP contribution in [0.2, 0.25) is 0 Å². The van der Waals surface area contributed by atoms with Gasteiger partial charge >= 0.3 is 11.9 Å². The van der Waals surface area contributed by atoms with Gasteiger partial charge in [-0.05, 0) is 44.2 Å². The number of rotatable bonds is 15. The fraction of sp³-hybridized carbons (Fsp3) is 0.759. The number of thiazole rings is 1. The summed E-state index contributed by atoms with van der Waals surface area (Å²) in [5.41, 5.74) is -0.113. The second-order valence-corrected chi connectivity index (χ2v) is 12.1. The van der Waals surface area contributed by atoms with Crippen molar-refractivity contribution >= 4 is 35.1 Å². The number of ether oxygens (including phenoxy) is 1. The van der Waals surface area contributed by atoms with Crippen LogP contribution >= 0.6 is 11.3 Å². The van der Waals surface area contributed by atoms with Crippen molar-refractivity contribution in [3.05, 3.63) is 16.1 Å². The summed E-state index contributed by atoms with van der Waals surface area (Å²) < 4.78 is 5.56. The van der Waals surface area contributed by atoms with Gasteiger partial charge in [0, 0.05) is 31.8 Å². The van der Waals surface area contributed by atoms with Crippen LogP contribution in [0.4, 0.5) is 0 Å². The number of aromatic nitrogens is 1. The van der Waals surface area contributed by atoms with E-state index in [1.54, 1.807) is 11.9 Å². The van der Waals surface area contributed by atoms with Crippen molar-refractivity contribution in [1.82, 2.24) is 20.1 Å². The van der Waals surface area contributed by atoms with Crippen LogP contribution in [0, 0.1) is 11.8 Å². The lowest BCUT2D eigenvalue weighted by molar-refractivity contribution is -0.149. The Hall–Kier alpha value is -2.53. The zero-order valence-corrected chi connectivity index (χ0v) is 26.0. The summed E-state index contributed by atoms with van der Waals surface area (Å²) in [5, 5.41) is 14.2. The molecule has 0 saturated carbocycles. The summed E-state index contributed by atoms with van der Waals surface area (Å²) in [6.07, 6.45) is 5.13. The molecule has 1 saturated heterocycles. The molecule has 2 N–H and O–H groups in total. The van der Waals surface area contributed by atoms with E-state index >= 15 is 0 Å². The van der Waals surface area contributed by atoms with Gasteiger partial charge in [0.25, 0.3) is 0 Å². The van der Waals surface area contributed by atoms with Crippen LogP contribution in [-0.4, -0.2) is 81.9 Å². The zero-order valence-electron chi connectivity index (χ0n) is 25.1. The summed E-state index contributed by atoms with van der Waals surface area (Å²) in [4.78, 5) is 58.9. The molecular formula is C29H48N4O6S. The second kappa shape index (κ2) is 16.0. The number of carbonyl (C=O) groups is 4. The fourth-order valence-corrected chi connectivity index (χ4v) is 6.10. The number of aromatic carboxylic acids is 1. The Kier molecular flexibility index (Phi) is 13.5. The predicted molar refractivity (Wildman–Crippen MR) is 155 cm³/mol. The van der Waals surface area contributed by atoms with Gasteiger partial charge in [-0.15, -0.1) is 11.3 Å². The average Bonchev–Trinajstić information content (AvgIpc) is 3.42. The van der Waals surface area contributed by atoms with E-state index in [9.17, 15) is 24.3 Å². The Morgan fingerprint density at radius 3 is 2.48 bits per heavy atom. The summed E-state index contributed by atoms with van der Waals surface area (Å²) >= 11 is 1.11. The minimum Gasteiger partial charge on any atom is -0.476 e. The van der Waals surface area contributed by atoms with Crippen molar-refractivity contribution in [3.63, 3.8) is 0 Å². The van der Waals surface area contributed by atoms with Crippen LogP contribution in [0.15, 0.2) is 5.38 Å². The third kappa shape index (κ3) is 9.26. The molecule has 4 unspecified atom stereocenters. The molecule has 1 fully saturated rings. The van der Waals surface area contributed by atoms with E-state index in [2.05, 4.69) is 22.1 Å². The van der Waals surface area contributed by atoms with Gasteiger partial charge in [-0.3, -0.25) is 19.3 Å². The number of unbranched alkanes of at least 4 members (excludes halogenated alkanes) is 1. The molecule has 1 aliphatic rings. The molecule has 40 heavy (non-hydrogen) atoms. The van der Waals surface area contributed by atoms with Gasteiger partial charge in [0.2, 0.25) is 11.8 Å². The van der Waals surface area contributed by atoms with E-state index in [-0.39, 0.29) is 47.8 Å². The van der Waals surface area contributed by atoms with Gasteiger partial charge in [0.1, 0.15) is 11.0 Å². The number of nitrogens with zero attached hydrogens (tertiary/aromatic N) is 3. The van der Waals surface area contributed by atoms with Crippen LogP contribution in [0.25, 0.3) is 0 Å². The number of piperidine rings is 1. The molecule has 226 valence electrons. The SMILES string of the molecule is CCCCN1CCCC[C@@H]1C(=O)NC(C(=O)N(C)C(CC(OC(C)=O)c1nc(C(=O)O)cs1)C(C)C)C(C)CC. The summed E-state index contributed by atoms with van der Waals surface area (Å²) in [5.74, 6) is -2.05. The third-order valence-corrected chi connectivity index (χ3v) is 8.82. The first-order valence-electron chi connectivity index (χ1n) is 14.6. The van der Waals surface area contributed by atoms with E-state index in [0.29, 0.717) is 11.4 Å². The lowest BCUT2D eigenvalue weighted by atomic mass is 9.92. The van der Waals surface area contributed by atoms with Crippen molar-refractivity contribution in [2.75, 3.05) is 20.1 Å². The summed E-state index contributed by atoms with van der Waals surface area (Å²) in [6, 6.07) is -1.27. The van der Waals surface area contributed by atoms with Crippen molar-refractivity contribution in [1.29, 1.82) is 0 Å². The highest BCUT2D eigenvalue weighted by atomic mass is 32.1. The quantitative estimate of drug-likeness (QED) is 0.290. The van der Waals surface area contributed by atoms with Gasteiger partial charge in [-0.25, -0.2) is 9.78 Å². The van der Waals surface area contributed by atoms with E-state index in [4.69, 9.17) is 4.74 Å². The number of carboxylic acid groups (broad SMARTS) is 1. The average molecular weight is 581 g/mol. The Labute approximate surface area is 242 Å². The monoisotopic (exact) mass is 580 g/mol. The van der Waals surface area contributed by atoms with Crippen molar-refractivity contribution in [2.45, 2.75) is 111 Å². The summed E-state index contributed by atoms with van der Waals surface area (Å²) in [7, 11) is 1.72. The Balaban J connectivity index is 2.27. The third-order valence-electron chi connectivity index (χ3n) is 7.89. The highest BCUT2D eigenvalue weighted by Gasteiger charge is 2.37. The first kappa shape index (κ1) is 33.7. The lowest BCUT2D eigenvalue weighted by Gasteiger charge is -2.39. The standard InChI is InChI=1S/C29H48N4O6S/c1-8-10-14-33-15-12-11-13-22(33)26(35)31-25(19(5)9-2)28(36)32(7)23(18(3)4)16-24(39-20(6)34)27-30-21(17-40-27)29(37)38/h17-19,22-25H,8-16H2,1-7H3,(H,31,35)(H,37,38)/t19?,22-,23?,24?,25?/m1/s1. The van der Waals surface area contributed by atoms with E-state index in [0.717, 1.165) is 56.5 Å². The number of likely N-dealkylation sites (tertiary alicyclic amines) is 1. The number of nitrogens with one attached hydrogen (secondary N) is 1. The molecule has 0 radical (unpaired) electrons. The van der Waals surface area contributed by atoms with Crippen LogP contribution in [0.1, 0.15) is 108 Å². The molecule has 0 spiro atoms. The zero-order chi connectivity index (χ0) is 30.0. The molecule has 10 nitrogen and oxygen atoms in total. The molecule has 0 bridgehead atoms. The largest absolute Gasteiger partial charge is 0.476 e. The molecule has 1 aromatic rings. The first-order valence-corrected chi connectivity index (χ1v) is 15.5. The van der Waals surface area contributed by atoms with E-state index < -0.39 is 24.1 Å². The van der Waals surface area contributed by atoms with E-state index in [1.165, 1.54) is 12.3 Å². The topological polar surface area (TPSA) is 129 Å². The molecule has 0 aliphatic carbocycles. The van der Waals surface area contributed by atoms with Crippen LogP contribution in [0.3, 0.4) is 0 Å². The number of hydrogen-bond donors (Lipinski definition) is 2. The number of esters is 1. The van der Waals surface area contributed by atoms with E-state index in [1.807, 2.05) is 27.7 Å². The minimum atomic E-state index is -1.16. The highest BCUT2D eigenvalue weighted by molar-refractivity contribution is 7.09. The Bertz CT molecular complexity index is 999. The van der Waals surface area contributed by atoms with Gasteiger partial charge < -0.3 is 20.1 Å². The molecule has 1 aliphatic heterocycles. The molecule has 2 amide bonds. The van der Waals surface area contributed by atoms with Crippen LogP contribution in [0.5, 0.6) is 0 Å². The highest BCUT2D eigenvalue weighted by Crippen LogP contribution is 2.31. The number of likely N-dealkylation sites (N-methyl/N-ethyl adjacent to an activating group) is 1. The number of amides is 2. The van der Waals surface area contributed by atoms with Gasteiger partial charge in [-0.1, -0.05) is 53.9 Å². The number of hydrogen-bond acceptors (Lipinski definition) is 8. The minimum absolute atomic E-state index is 0.0120. The number of carboxylic acids is 1. The van der Waals surface area contributed by atoms with Crippen molar-refractivity contribution < 1.29 is 29.0 Å². The predicted octanol–water partition coefficient (Wildman–Crippen LogP) is 4.50. The first-order chi connectivity index (χ1) is 18.9. The van der Waals surface area contributed by atoms with Gasteiger partial charge in [0.05, 0.1) is 6.04 Å². The smallest absolute Gasteiger partial charge is 0.355 e. The van der Waals surface area contributed by atoms with Crippen molar-refractivity contribution in [3.8, 4) is 0 Å². The van der Waals surface area contributed by atoms with Gasteiger partial charge in [0.15, 0.2) is 11.8 Å². The second-order valence-electron chi connectivity index (χ2n) is 11.2. The fourth-order valence-electron chi connectivity index (χ4n) is 5.26. The van der Waals surface area contributed by atoms with Crippen LogP contribution < -0.4 is 5.32 Å². The Morgan fingerprint density at radius 2 is 1.93 bits per heavy atom. The maximum absolute atomic E-state index is 14.0. The molecule has 2 heterocycles.